The minimum Gasteiger partial charge on any atom is -0.371 e. The van der Waals surface area contributed by atoms with Crippen molar-refractivity contribution in [3.8, 4) is 6.07 Å². The summed E-state index contributed by atoms with van der Waals surface area (Å²) in [7, 11) is 0. The molecule has 2 rings (SSSR count). The number of hydrogen-bond acceptors (Lipinski definition) is 3. The highest BCUT2D eigenvalue weighted by atomic mass is 16.2. The predicted octanol–water partition coefficient (Wildman–Crippen LogP) is 2.65. The van der Waals surface area contributed by atoms with Gasteiger partial charge in [0.25, 0.3) is 5.91 Å². The van der Waals surface area contributed by atoms with E-state index in [-0.39, 0.29) is 11.5 Å². The van der Waals surface area contributed by atoms with Crippen LogP contribution in [0.15, 0.2) is 61.3 Å². The van der Waals surface area contributed by atoms with Crippen LogP contribution in [0.4, 0.5) is 0 Å². The molecule has 1 aliphatic heterocycles. The fraction of sp³-hybridized carbons (Fsp3) is 0.263. The SMILES string of the molecule is C=CCN(CC=C)C(=O)/C(C#N)=C\N1CCc2ccccc2C1. The van der Waals surface area contributed by atoms with E-state index in [0.717, 1.165) is 19.5 Å². The highest BCUT2D eigenvalue weighted by Crippen LogP contribution is 2.19. The summed E-state index contributed by atoms with van der Waals surface area (Å²) in [5, 5.41) is 9.36. The number of hydrogen-bond donors (Lipinski definition) is 0. The molecule has 0 bridgehead atoms. The first-order chi connectivity index (χ1) is 11.2. The van der Waals surface area contributed by atoms with Gasteiger partial charge in [-0.2, -0.15) is 5.26 Å². The summed E-state index contributed by atoms with van der Waals surface area (Å²) in [4.78, 5) is 16.1. The van der Waals surface area contributed by atoms with Gasteiger partial charge in [0, 0.05) is 32.4 Å². The summed E-state index contributed by atoms with van der Waals surface area (Å²) in [6.45, 7) is 9.61. The average Bonchev–Trinajstić information content (AvgIpc) is 2.58. The maximum Gasteiger partial charge on any atom is 0.266 e. The van der Waals surface area contributed by atoms with Crippen LogP contribution < -0.4 is 0 Å². The zero-order valence-electron chi connectivity index (χ0n) is 13.2. The van der Waals surface area contributed by atoms with Crippen LogP contribution in [0.5, 0.6) is 0 Å². The van der Waals surface area contributed by atoms with Gasteiger partial charge in [-0.3, -0.25) is 4.79 Å². The molecule has 0 saturated carbocycles. The highest BCUT2D eigenvalue weighted by Gasteiger charge is 2.19. The van der Waals surface area contributed by atoms with Gasteiger partial charge in [0.15, 0.2) is 0 Å². The molecule has 1 aliphatic rings. The van der Waals surface area contributed by atoms with Crippen LogP contribution in [0.1, 0.15) is 11.1 Å². The molecule has 0 saturated heterocycles. The van der Waals surface area contributed by atoms with Crippen LogP contribution >= 0.6 is 0 Å². The lowest BCUT2D eigenvalue weighted by Crippen LogP contribution is -2.34. The average molecular weight is 307 g/mol. The molecule has 118 valence electrons. The number of carbonyl (C=O) groups excluding carboxylic acids is 1. The Balaban J connectivity index is 2.16. The molecule has 0 aliphatic carbocycles. The first-order valence-electron chi connectivity index (χ1n) is 7.63. The molecule has 0 spiro atoms. The van der Waals surface area contributed by atoms with Gasteiger partial charge in [-0.25, -0.2) is 0 Å². The number of carbonyl (C=O) groups is 1. The Morgan fingerprint density at radius 1 is 1.26 bits per heavy atom. The van der Waals surface area contributed by atoms with Crippen LogP contribution in [0, 0.1) is 11.3 Å². The van der Waals surface area contributed by atoms with Crippen molar-refractivity contribution in [1.29, 1.82) is 5.26 Å². The largest absolute Gasteiger partial charge is 0.371 e. The maximum atomic E-state index is 12.5. The van der Waals surface area contributed by atoms with Crippen molar-refractivity contribution in [3.63, 3.8) is 0 Å². The van der Waals surface area contributed by atoms with Crippen molar-refractivity contribution in [2.75, 3.05) is 19.6 Å². The third-order valence-electron chi connectivity index (χ3n) is 3.81. The standard InChI is InChI=1S/C19H21N3O/c1-3-10-22(11-4-2)19(23)18(13-20)15-21-12-9-16-7-5-6-8-17(16)14-21/h3-8,15H,1-2,9-12,14H2/b18-15-. The van der Waals surface area contributed by atoms with E-state index >= 15 is 0 Å². The molecule has 0 N–H and O–H groups in total. The molecule has 1 heterocycles. The van der Waals surface area contributed by atoms with E-state index < -0.39 is 0 Å². The number of benzene rings is 1. The molecule has 0 unspecified atom stereocenters. The zero-order valence-corrected chi connectivity index (χ0v) is 13.2. The molecular weight excluding hydrogens is 286 g/mol. The van der Waals surface area contributed by atoms with E-state index in [1.54, 1.807) is 23.3 Å². The van der Waals surface area contributed by atoms with Crippen LogP contribution in [0.25, 0.3) is 0 Å². The molecule has 4 heteroatoms. The molecule has 0 radical (unpaired) electrons. The summed E-state index contributed by atoms with van der Waals surface area (Å²) in [6, 6.07) is 10.3. The fourth-order valence-corrected chi connectivity index (χ4v) is 2.66. The van der Waals surface area contributed by atoms with Gasteiger partial charge in [0.1, 0.15) is 11.6 Å². The van der Waals surface area contributed by atoms with E-state index in [1.165, 1.54) is 11.1 Å². The van der Waals surface area contributed by atoms with Crippen molar-refractivity contribution < 1.29 is 4.79 Å². The fourth-order valence-electron chi connectivity index (χ4n) is 2.66. The topological polar surface area (TPSA) is 47.3 Å². The Morgan fingerprint density at radius 3 is 2.52 bits per heavy atom. The number of nitrogens with zero attached hydrogens (tertiary/aromatic N) is 3. The van der Waals surface area contributed by atoms with Gasteiger partial charge in [0.05, 0.1) is 0 Å². The van der Waals surface area contributed by atoms with Crippen molar-refractivity contribution in [2.45, 2.75) is 13.0 Å². The van der Waals surface area contributed by atoms with Crippen molar-refractivity contribution in [3.05, 3.63) is 72.5 Å². The van der Waals surface area contributed by atoms with Crippen LogP contribution in [-0.2, 0) is 17.8 Å². The number of amides is 1. The Kier molecular flexibility index (Phi) is 5.76. The molecule has 1 amide bonds. The second-order valence-corrected chi connectivity index (χ2v) is 5.43. The van der Waals surface area contributed by atoms with E-state index in [1.807, 2.05) is 23.1 Å². The number of nitriles is 1. The molecule has 1 aromatic rings. The van der Waals surface area contributed by atoms with Crippen LogP contribution in [-0.4, -0.2) is 35.3 Å². The van der Waals surface area contributed by atoms with Gasteiger partial charge in [-0.15, -0.1) is 13.2 Å². The Morgan fingerprint density at radius 2 is 1.91 bits per heavy atom. The lowest BCUT2D eigenvalue weighted by molar-refractivity contribution is -0.125. The summed E-state index contributed by atoms with van der Waals surface area (Å²) < 4.78 is 0. The molecule has 23 heavy (non-hydrogen) atoms. The first kappa shape index (κ1) is 16.6. The van der Waals surface area contributed by atoms with E-state index in [9.17, 15) is 10.1 Å². The third kappa shape index (κ3) is 4.10. The number of fused-ring (bicyclic) bond motifs is 1. The monoisotopic (exact) mass is 307 g/mol. The van der Waals surface area contributed by atoms with Crippen molar-refractivity contribution >= 4 is 5.91 Å². The van der Waals surface area contributed by atoms with E-state index in [4.69, 9.17) is 0 Å². The molecule has 0 fully saturated rings. The van der Waals surface area contributed by atoms with Crippen molar-refractivity contribution in [1.82, 2.24) is 9.80 Å². The lowest BCUT2D eigenvalue weighted by Gasteiger charge is -2.28. The second-order valence-electron chi connectivity index (χ2n) is 5.43. The molecule has 4 nitrogen and oxygen atoms in total. The minimum absolute atomic E-state index is 0.146. The molecule has 0 atom stereocenters. The van der Waals surface area contributed by atoms with Gasteiger partial charge in [0.2, 0.25) is 0 Å². The Hall–Kier alpha value is -2.80. The summed E-state index contributed by atoms with van der Waals surface area (Å²) in [6.07, 6.45) is 5.89. The molecular formula is C19H21N3O. The number of rotatable bonds is 6. The summed E-state index contributed by atoms with van der Waals surface area (Å²) >= 11 is 0. The molecule has 1 aromatic carbocycles. The lowest BCUT2D eigenvalue weighted by atomic mass is 10.00. The van der Waals surface area contributed by atoms with Crippen LogP contribution in [0.3, 0.4) is 0 Å². The Bertz CT molecular complexity index is 659. The first-order valence-corrected chi connectivity index (χ1v) is 7.63. The minimum atomic E-state index is -0.286. The molecule has 0 aromatic heterocycles. The van der Waals surface area contributed by atoms with E-state index in [0.29, 0.717) is 13.1 Å². The predicted molar refractivity (Wildman–Crippen MR) is 91.2 cm³/mol. The summed E-state index contributed by atoms with van der Waals surface area (Å²) in [5.41, 5.74) is 2.73. The van der Waals surface area contributed by atoms with Crippen LogP contribution in [0.2, 0.25) is 0 Å². The highest BCUT2D eigenvalue weighted by molar-refractivity contribution is 5.97. The zero-order chi connectivity index (χ0) is 16.7. The maximum absolute atomic E-state index is 12.5. The second kappa shape index (κ2) is 8.00. The van der Waals surface area contributed by atoms with Gasteiger partial charge >= 0.3 is 0 Å². The van der Waals surface area contributed by atoms with Crippen molar-refractivity contribution in [2.24, 2.45) is 0 Å². The Labute approximate surface area is 137 Å². The summed E-state index contributed by atoms with van der Waals surface area (Å²) in [5.74, 6) is -0.286. The quantitative estimate of drug-likeness (QED) is 0.461. The van der Waals surface area contributed by atoms with Gasteiger partial charge in [-0.1, -0.05) is 36.4 Å². The normalized spacial score (nSPS) is 13.7. The third-order valence-corrected chi connectivity index (χ3v) is 3.81. The van der Waals surface area contributed by atoms with E-state index in [2.05, 4.69) is 25.3 Å². The van der Waals surface area contributed by atoms with Gasteiger partial charge in [-0.05, 0) is 17.5 Å². The van der Waals surface area contributed by atoms with Gasteiger partial charge < -0.3 is 9.80 Å². The smallest absolute Gasteiger partial charge is 0.266 e.